The average Bonchev–Trinajstić information content (AvgIpc) is 2.68. The molecular weight excluding hydrogens is 399 g/mol. The fourth-order valence-corrected chi connectivity index (χ4v) is 2.95. The molecule has 5 nitrogen and oxygen atoms in total. The van der Waals surface area contributed by atoms with Crippen molar-refractivity contribution in [2.24, 2.45) is 0 Å². The first-order valence-corrected chi connectivity index (χ1v) is 9.11. The molecule has 0 spiro atoms. The van der Waals surface area contributed by atoms with Crippen LogP contribution in [0.15, 0.2) is 66.7 Å². The highest BCUT2D eigenvalue weighted by molar-refractivity contribution is 6.34. The van der Waals surface area contributed by atoms with E-state index >= 15 is 0 Å². The fraction of sp³-hybridized carbons (Fsp3) is 0.0476. The van der Waals surface area contributed by atoms with E-state index in [1.807, 2.05) is 12.1 Å². The zero-order valence-corrected chi connectivity index (χ0v) is 16.1. The van der Waals surface area contributed by atoms with Crippen molar-refractivity contribution in [2.75, 3.05) is 10.6 Å². The van der Waals surface area contributed by atoms with E-state index in [4.69, 9.17) is 28.3 Å². The van der Waals surface area contributed by atoms with E-state index < -0.39 is 5.97 Å². The molecule has 0 saturated carbocycles. The van der Waals surface area contributed by atoms with E-state index in [0.29, 0.717) is 33.5 Å². The van der Waals surface area contributed by atoms with E-state index in [9.17, 15) is 9.59 Å². The normalized spacial score (nSPS) is 10.4. The second kappa shape index (κ2) is 8.78. The Morgan fingerprint density at radius 1 is 0.893 bits per heavy atom. The number of carboxylic acids is 1. The number of benzene rings is 3. The molecule has 3 rings (SSSR count). The molecule has 0 aliphatic rings. The van der Waals surface area contributed by atoms with Crippen LogP contribution < -0.4 is 10.6 Å². The van der Waals surface area contributed by atoms with Crippen molar-refractivity contribution in [3.8, 4) is 0 Å². The Bertz CT molecular complexity index is 1000. The zero-order chi connectivity index (χ0) is 20.1. The molecule has 0 atom stereocenters. The lowest BCUT2D eigenvalue weighted by Gasteiger charge is -2.14. The maximum Gasteiger partial charge on any atom is 0.335 e. The summed E-state index contributed by atoms with van der Waals surface area (Å²) in [5.41, 5.74) is 2.51. The summed E-state index contributed by atoms with van der Waals surface area (Å²) in [5.74, 6) is -1.38. The van der Waals surface area contributed by atoms with Crippen molar-refractivity contribution in [1.82, 2.24) is 0 Å². The summed E-state index contributed by atoms with van der Waals surface area (Å²) < 4.78 is 0. The second-order valence-electron chi connectivity index (χ2n) is 5.98. The first kappa shape index (κ1) is 19.7. The molecule has 0 aliphatic heterocycles. The SMILES string of the molecule is O=C(O)c1ccc(NC(=O)c2cccc(Cl)c2NCc2ccc(Cl)cc2)cc1. The van der Waals surface area contributed by atoms with Crippen LogP contribution in [0.4, 0.5) is 11.4 Å². The molecule has 0 bridgehead atoms. The van der Waals surface area contributed by atoms with Crippen LogP contribution in [0.3, 0.4) is 0 Å². The Morgan fingerprint density at radius 2 is 1.57 bits per heavy atom. The summed E-state index contributed by atoms with van der Waals surface area (Å²) in [5, 5.41) is 16.0. The van der Waals surface area contributed by atoms with Gasteiger partial charge in [-0.3, -0.25) is 4.79 Å². The van der Waals surface area contributed by atoms with Crippen LogP contribution in [-0.4, -0.2) is 17.0 Å². The van der Waals surface area contributed by atoms with Crippen molar-refractivity contribution in [3.63, 3.8) is 0 Å². The van der Waals surface area contributed by atoms with Gasteiger partial charge in [-0.05, 0) is 54.1 Å². The summed E-state index contributed by atoms with van der Waals surface area (Å²) in [6.07, 6.45) is 0. The number of aromatic carboxylic acids is 1. The van der Waals surface area contributed by atoms with E-state index in [1.165, 1.54) is 24.3 Å². The molecule has 7 heteroatoms. The highest BCUT2D eigenvalue weighted by Crippen LogP contribution is 2.27. The first-order valence-electron chi connectivity index (χ1n) is 8.35. The van der Waals surface area contributed by atoms with Crippen LogP contribution in [0, 0.1) is 0 Å². The lowest BCUT2D eigenvalue weighted by Crippen LogP contribution is -2.15. The largest absolute Gasteiger partial charge is 0.478 e. The molecule has 0 radical (unpaired) electrons. The predicted octanol–water partition coefficient (Wildman–Crippen LogP) is 5.56. The van der Waals surface area contributed by atoms with Gasteiger partial charge in [-0.15, -0.1) is 0 Å². The van der Waals surface area contributed by atoms with Crippen molar-refractivity contribution in [2.45, 2.75) is 6.54 Å². The second-order valence-corrected chi connectivity index (χ2v) is 6.82. The minimum absolute atomic E-state index is 0.145. The number of nitrogens with one attached hydrogen (secondary N) is 2. The minimum Gasteiger partial charge on any atom is -0.478 e. The number of anilines is 2. The van der Waals surface area contributed by atoms with Crippen molar-refractivity contribution >= 4 is 46.5 Å². The van der Waals surface area contributed by atoms with Crippen molar-refractivity contribution in [1.29, 1.82) is 0 Å². The number of rotatable bonds is 6. The monoisotopic (exact) mass is 414 g/mol. The van der Waals surface area contributed by atoms with Gasteiger partial charge in [0.15, 0.2) is 0 Å². The molecule has 3 aromatic carbocycles. The number of hydrogen-bond donors (Lipinski definition) is 3. The number of carbonyl (C=O) groups excluding carboxylic acids is 1. The van der Waals surface area contributed by atoms with E-state index in [1.54, 1.807) is 30.3 Å². The molecule has 28 heavy (non-hydrogen) atoms. The number of para-hydroxylation sites is 1. The molecule has 142 valence electrons. The summed E-state index contributed by atoms with van der Waals surface area (Å²) in [4.78, 5) is 23.6. The Hall–Kier alpha value is -3.02. The third-order valence-corrected chi connectivity index (χ3v) is 4.60. The van der Waals surface area contributed by atoms with Crippen LogP contribution in [0.2, 0.25) is 10.0 Å². The molecule has 1 amide bonds. The third-order valence-electron chi connectivity index (χ3n) is 4.03. The van der Waals surface area contributed by atoms with Crippen LogP contribution in [0.1, 0.15) is 26.3 Å². The molecule has 0 unspecified atom stereocenters. The molecule has 0 saturated heterocycles. The van der Waals surface area contributed by atoms with Crippen LogP contribution in [0.25, 0.3) is 0 Å². The highest BCUT2D eigenvalue weighted by atomic mass is 35.5. The van der Waals surface area contributed by atoms with Gasteiger partial charge >= 0.3 is 5.97 Å². The molecule has 0 aliphatic carbocycles. The summed E-state index contributed by atoms with van der Waals surface area (Å²) in [6.45, 7) is 0.467. The van der Waals surface area contributed by atoms with E-state index in [0.717, 1.165) is 5.56 Å². The van der Waals surface area contributed by atoms with Gasteiger partial charge < -0.3 is 15.7 Å². The topological polar surface area (TPSA) is 78.4 Å². The number of carboxylic acid groups (broad SMARTS) is 1. The Labute approximate surface area is 171 Å². The van der Waals surface area contributed by atoms with E-state index in [2.05, 4.69) is 10.6 Å². The van der Waals surface area contributed by atoms with Gasteiger partial charge in [-0.25, -0.2) is 4.79 Å². The van der Waals surface area contributed by atoms with Gasteiger partial charge in [0.1, 0.15) is 0 Å². The van der Waals surface area contributed by atoms with Gasteiger partial charge in [-0.2, -0.15) is 0 Å². The maximum atomic E-state index is 12.7. The zero-order valence-electron chi connectivity index (χ0n) is 14.6. The van der Waals surface area contributed by atoms with Crippen LogP contribution in [-0.2, 0) is 6.54 Å². The molecular formula is C21H16Cl2N2O3. The number of halogens is 2. The smallest absolute Gasteiger partial charge is 0.335 e. The lowest BCUT2D eigenvalue weighted by molar-refractivity contribution is 0.0696. The summed E-state index contributed by atoms with van der Waals surface area (Å²) in [6, 6.07) is 18.3. The first-order chi connectivity index (χ1) is 13.4. The van der Waals surface area contributed by atoms with Gasteiger partial charge in [0.2, 0.25) is 0 Å². The van der Waals surface area contributed by atoms with Gasteiger partial charge in [0.25, 0.3) is 5.91 Å². The molecule has 3 aromatic rings. The summed E-state index contributed by atoms with van der Waals surface area (Å²) in [7, 11) is 0. The van der Waals surface area contributed by atoms with Gasteiger partial charge in [0.05, 0.1) is 21.8 Å². The lowest BCUT2D eigenvalue weighted by atomic mass is 10.1. The van der Waals surface area contributed by atoms with Gasteiger partial charge in [-0.1, -0.05) is 41.4 Å². The number of carbonyl (C=O) groups is 2. The third kappa shape index (κ3) is 4.82. The molecule has 3 N–H and O–H groups in total. The Morgan fingerprint density at radius 3 is 2.21 bits per heavy atom. The highest BCUT2D eigenvalue weighted by Gasteiger charge is 2.15. The average molecular weight is 415 g/mol. The predicted molar refractivity (Wildman–Crippen MR) is 112 cm³/mol. The van der Waals surface area contributed by atoms with Crippen LogP contribution in [0.5, 0.6) is 0 Å². The maximum absolute atomic E-state index is 12.7. The van der Waals surface area contributed by atoms with Crippen LogP contribution >= 0.6 is 23.2 Å². The minimum atomic E-state index is -1.03. The quantitative estimate of drug-likeness (QED) is 0.493. The number of amides is 1. The Balaban J connectivity index is 1.77. The standard InChI is InChI=1S/C21H16Cl2N2O3/c22-15-8-4-13(5-9-15)12-24-19-17(2-1-3-18(19)23)20(26)25-16-10-6-14(7-11-16)21(27)28/h1-11,24H,12H2,(H,25,26)(H,27,28). The molecule has 0 aromatic heterocycles. The van der Waals surface area contributed by atoms with Gasteiger partial charge in [0, 0.05) is 17.3 Å². The van der Waals surface area contributed by atoms with Crippen molar-refractivity contribution in [3.05, 3.63) is 93.5 Å². The Kier molecular flexibility index (Phi) is 6.19. The van der Waals surface area contributed by atoms with E-state index in [-0.39, 0.29) is 11.5 Å². The van der Waals surface area contributed by atoms with Crippen molar-refractivity contribution < 1.29 is 14.7 Å². The number of hydrogen-bond acceptors (Lipinski definition) is 3. The fourth-order valence-electron chi connectivity index (χ4n) is 2.58. The summed E-state index contributed by atoms with van der Waals surface area (Å²) >= 11 is 12.2. The molecule has 0 fully saturated rings. The molecule has 0 heterocycles.